The maximum atomic E-state index is 12.7. The number of ether oxygens (including phenoxy) is 1. The summed E-state index contributed by atoms with van der Waals surface area (Å²) in [5, 5.41) is 7.41. The minimum Gasteiger partial charge on any atom is -0.384 e. The smallest absolute Gasteiger partial charge is 0.323 e. The van der Waals surface area contributed by atoms with Gasteiger partial charge in [-0.2, -0.15) is 5.10 Å². The minimum atomic E-state index is -0.0628. The van der Waals surface area contributed by atoms with E-state index in [1.807, 2.05) is 24.1 Å². The first-order chi connectivity index (χ1) is 12.1. The fourth-order valence-electron chi connectivity index (χ4n) is 3.53. The van der Waals surface area contributed by atoms with E-state index in [4.69, 9.17) is 4.74 Å². The van der Waals surface area contributed by atoms with E-state index in [1.165, 1.54) is 5.56 Å². The number of methoxy groups -OCH3 is 1. The second-order valence-electron chi connectivity index (χ2n) is 6.56. The minimum absolute atomic E-state index is 0.0628. The van der Waals surface area contributed by atoms with Gasteiger partial charge in [0.2, 0.25) is 0 Å². The van der Waals surface area contributed by atoms with Crippen LogP contribution in [0.4, 0.5) is 10.6 Å². The number of hydrogen-bond donors (Lipinski definition) is 1. The number of likely N-dealkylation sites (tertiary alicyclic amines) is 1. The number of nitrogens with zero attached hydrogens (tertiary/aromatic N) is 3. The molecule has 2 heterocycles. The molecule has 1 aliphatic rings. The molecule has 6 nitrogen and oxygen atoms in total. The van der Waals surface area contributed by atoms with E-state index < -0.39 is 0 Å². The van der Waals surface area contributed by atoms with Gasteiger partial charge in [-0.05, 0) is 18.9 Å². The van der Waals surface area contributed by atoms with Crippen LogP contribution in [0.15, 0.2) is 36.4 Å². The number of carbonyl (C=O) groups excluding carboxylic acids is 1. The molecule has 0 saturated carbocycles. The summed E-state index contributed by atoms with van der Waals surface area (Å²) in [4.78, 5) is 14.6. The monoisotopic (exact) mass is 342 g/mol. The largest absolute Gasteiger partial charge is 0.384 e. The van der Waals surface area contributed by atoms with E-state index in [1.54, 1.807) is 11.8 Å². The fourth-order valence-corrected chi connectivity index (χ4v) is 3.53. The number of benzene rings is 1. The van der Waals surface area contributed by atoms with Crippen LogP contribution in [0.3, 0.4) is 0 Å². The average molecular weight is 342 g/mol. The standard InChI is InChI=1S/C19H26N4O2/c1-14-17(15-7-5-4-6-8-15)9-11-23(14)19(24)20-18-13-16(10-12-25-3)21-22(18)2/h4-8,13-14,17H,9-12H2,1-3H3,(H,20,24)/t14-,17-/m0/s1. The summed E-state index contributed by atoms with van der Waals surface area (Å²) in [6, 6.07) is 12.4. The van der Waals surface area contributed by atoms with Crippen molar-refractivity contribution >= 4 is 11.8 Å². The Bertz CT molecular complexity index is 713. The molecule has 1 N–H and O–H groups in total. The molecule has 0 bridgehead atoms. The van der Waals surface area contributed by atoms with Crippen molar-refractivity contribution in [2.75, 3.05) is 25.6 Å². The van der Waals surface area contributed by atoms with E-state index >= 15 is 0 Å². The Labute approximate surface area is 148 Å². The zero-order chi connectivity index (χ0) is 17.8. The molecule has 2 atom stereocenters. The predicted molar refractivity (Wildman–Crippen MR) is 97.8 cm³/mol. The van der Waals surface area contributed by atoms with Gasteiger partial charge in [0.15, 0.2) is 0 Å². The zero-order valence-corrected chi connectivity index (χ0v) is 15.1. The Kier molecular flexibility index (Phi) is 5.38. The van der Waals surface area contributed by atoms with Crippen molar-refractivity contribution < 1.29 is 9.53 Å². The van der Waals surface area contributed by atoms with E-state index in [0.29, 0.717) is 18.3 Å². The number of nitrogens with one attached hydrogen (secondary N) is 1. The van der Waals surface area contributed by atoms with Gasteiger partial charge in [-0.25, -0.2) is 4.79 Å². The normalized spacial score (nSPS) is 20.0. The summed E-state index contributed by atoms with van der Waals surface area (Å²) < 4.78 is 6.79. The topological polar surface area (TPSA) is 59.4 Å². The summed E-state index contributed by atoms with van der Waals surface area (Å²) in [6.45, 7) is 3.50. The van der Waals surface area contributed by atoms with Gasteiger partial charge in [0, 0.05) is 45.1 Å². The number of aryl methyl sites for hydroxylation is 1. The molecule has 2 amide bonds. The first-order valence-corrected chi connectivity index (χ1v) is 8.74. The highest BCUT2D eigenvalue weighted by molar-refractivity contribution is 5.89. The van der Waals surface area contributed by atoms with Gasteiger partial charge in [-0.1, -0.05) is 30.3 Å². The predicted octanol–water partition coefficient (Wildman–Crippen LogP) is 3.02. The van der Waals surface area contributed by atoms with Crippen molar-refractivity contribution in [1.29, 1.82) is 0 Å². The first kappa shape index (κ1) is 17.5. The SMILES string of the molecule is COCCc1cc(NC(=O)N2CC[C@H](c3ccccc3)[C@@H]2C)n(C)n1. The van der Waals surface area contributed by atoms with Crippen LogP contribution in [0.1, 0.15) is 30.5 Å². The molecule has 1 saturated heterocycles. The number of anilines is 1. The lowest BCUT2D eigenvalue weighted by Gasteiger charge is -2.25. The van der Waals surface area contributed by atoms with Crippen LogP contribution in [0, 0.1) is 0 Å². The Balaban J connectivity index is 1.65. The molecule has 1 aromatic carbocycles. The summed E-state index contributed by atoms with van der Waals surface area (Å²) in [5.41, 5.74) is 2.21. The third-order valence-corrected chi connectivity index (χ3v) is 4.97. The second-order valence-corrected chi connectivity index (χ2v) is 6.56. The van der Waals surface area contributed by atoms with Crippen LogP contribution in [0.2, 0.25) is 0 Å². The number of hydrogen-bond acceptors (Lipinski definition) is 3. The number of urea groups is 1. The van der Waals surface area contributed by atoms with Crippen molar-refractivity contribution in [2.45, 2.75) is 31.7 Å². The van der Waals surface area contributed by atoms with Gasteiger partial charge < -0.3 is 9.64 Å². The van der Waals surface area contributed by atoms with Crippen LogP contribution in [0.25, 0.3) is 0 Å². The molecule has 0 aliphatic carbocycles. The molecule has 2 aromatic rings. The first-order valence-electron chi connectivity index (χ1n) is 8.74. The van der Waals surface area contributed by atoms with Crippen molar-refractivity contribution in [2.24, 2.45) is 7.05 Å². The van der Waals surface area contributed by atoms with E-state index in [9.17, 15) is 4.79 Å². The van der Waals surface area contributed by atoms with Crippen molar-refractivity contribution in [3.05, 3.63) is 47.7 Å². The van der Waals surface area contributed by atoms with Gasteiger partial charge in [0.05, 0.1) is 12.3 Å². The third-order valence-electron chi connectivity index (χ3n) is 4.97. The van der Waals surface area contributed by atoms with Gasteiger partial charge in [0.25, 0.3) is 0 Å². The number of rotatable bonds is 5. The molecular weight excluding hydrogens is 316 g/mol. The van der Waals surface area contributed by atoms with Gasteiger partial charge in [-0.15, -0.1) is 0 Å². The Morgan fingerprint density at radius 2 is 2.12 bits per heavy atom. The van der Waals surface area contributed by atoms with E-state index in [0.717, 1.165) is 25.1 Å². The maximum Gasteiger partial charge on any atom is 0.323 e. The Morgan fingerprint density at radius 1 is 1.36 bits per heavy atom. The molecule has 0 radical (unpaired) electrons. The van der Waals surface area contributed by atoms with Gasteiger partial charge in [0.1, 0.15) is 5.82 Å². The molecule has 0 spiro atoms. The molecule has 1 aliphatic heterocycles. The lowest BCUT2D eigenvalue weighted by molar-refractivity contribution is 0.201. The lowest BCUT2D eigenvalue weighted by Crippen LogP contribution is -2.38. The molecule has 3 rings (SSSR count). The van der Waals surface area contributed by atoms with Crippen LogP contribution in [-0.4, -0.2) is 47.0 Å². The summed E-state index contributed by atoms with van der Waals surface area (Å²) in [5.74, 6) is 1.10. The number of amides is 2. The average Bonchev–Trinajstić information content (AvgIpc) is 3.16. The molecule has 134 valence electrons. The molecule has 25 heavy (non-hydrogen) atoms. The molecule has 1 aromatic heterocycles. The lowest BCUT2D eigenvalue weighted by atomic mass is 9.93. The summed E-state index contributed by atoms with van der Waals surface area (Å²) in [6.07, 6.45) is 1.72. The van der Waals surface area contributed by atoms with Crippen molar-refractivity contribution in [1.82, 2.24) is 14.7 Å². The van der Waals surface area contributed by atoms with E-state index in [-0.39, 0.29) is 12.1 Å². The number of carbonyl (C=O) groups is 1. The molecular formula is C19H26N4O2. The van der Waals surface area contributed by atoms with Crippen LogP contribution in [0.5, 0.6) is 0 Å². The maximum absolute atomic E-state index is 12.7. The quantitative estimate of drug-likeness (QED) is 0.909. The van der Waals surface area contributed by atoms with E-state index in [2.05, 4.69) is 41.6 Å². The van der Waals surface area contributed by atoms with Crippen LogP contribution in [-0.2, 0) is 18.2 Å². The number of aromatic nitrogens is 2. The fraction of sp³-hybridized carbons (Fsp3) is 0.474. The Morgan fingerprint density at radius 3 is 2.84 bits per heavy atom. The van der Waals surface area contributed by atoms with Crippen LogP contribution < -0.4 is 5.32 Å². The zero-order valence-electron chi connectivity index (χ0n) is 15.1. The van der Waals surface area contributed by atoms with Crippen molar-refractivity contribution in [3.8, 4) is 0 Å². The molecule has 0 unspecified atom stereocenters. The van der Waals surface area contributed by atoms with Gasteiger partial charge >= 0.3 is 6.03 Å². The van der Waals surface area contributed by atoms with Crippen molar-refractivity contribution in [3.63, 3.8) is 0 Å². The second kappa shape index (κ2) is 7.70. The van der Waals surface area contributed by atoms with Gasteiger partial charge in [-0.3, -0.25) is 10.00 Å². The highest BCUT2D eigenvalue weighted by Gasteiger charge is 2.34. The Hall–Kier alpha value is -2.34. The summed E-state index contributed by atoms with van der Waals surface area (Å²) in [7, 11) is 3.51. The van der Waals surface area contributed by atoms with Crippen LogP contribution >= 0.6 is 0 Å². The third kappa shape index (κ3) is 3.85. The summed E-state index contributed by atoms with van der Waals surface area (Å²) >= 11 is 0. The molecule has 1 fully saturated rings. The molecule has 6 heteroatoms. The highest BCUT2D eigenvalue weighted by atomic mass is 16.5. The highest BCUT2D eigenvalue weighted by Crippen LogP contribution is 2.33.